The van der Waals surface area contributed by atoms with E-state index in [0.29, 0.717) is 22.7 Å². The topological polar surface area (TPSA) is 29.5 Å². The van der Waals surface area contributed by atoms with Gasteiger partial charge in [0.1, 0.15) is 0 Å². The highest BCUT2D eigenvalue weighted by Crippen LogP contribution is 2.68. The highest BCUT2D eigenvalue weighted by Gasteiger charge is 2.59. The van der Waals surface area contributed by atoms with Gasteiger partial charge in [-0.15, -0.1) is 0 Å². The zero-order valence-electron chi connectivity index (χ0n) is 18.5. The number of aliphatic hydroxyl groups excluding tert-OH is 1. The second kappa shape index (κ2) is 6.71. The van der Waals surface area contributed by atoms with Crippen LogP contribution in [0.1, 0.15) is 79.1 Å². The van der Waals surface area contributed by atoms with Crippen molar-refractivity contribution in [3.05, 3.63) is 22.8 Å². The summed E-state index contributed by atoms with van der Waals surface area (Å²) in [5, 5.41) is 10.3. The molecule has 0 aromatic rings. The van der Waals surface area contributed by atoms with Crippen LogP contribution >= 0.6 is 0 Å². The number of hydrogen-bond donors (Lipinski definition) is 1. The van der Waals surface area contributed by atoms with Crippen molar-refractivity contribution >= 4 is 0 Å². The van der Waals surface area contributed by atoms with E-state index in [4.69, 9.17) is 4.74 Å². The lowest BCUT2D eigenvalue weighted by Gasteiger charge is -2.59. The number of ether oxygens (including phenoxy) is 1. The van der Waals surface area contributed by atoms with E-state index in [1.165, 1.54) is 38.5 Å². The second-order valence-electron chi connectivity index (χ2n) is 11.4. The first kappa shape index (κ1) is 19.4. The van der Waals surface area contributed by atoms with Crippen LogP contribution in [-0.4, -0.2) is 24.4 Å². The summed E-state index contributed by atoms with van der Waals surface area (Å²) >= 11 is 0. The van der Waals surface area contributed by atoms with Gasteiger partial charge in [-0.2, -0.15) is 0 Å². The quantitative estimate of drug-likeness (QED) is 0.570. The van der Waals surface area contributed by atoms with Gasteiger partial charge in [0.15, 0.2) is 0 Å². The molecule has 3 unspecified atom stereocenters. The highest BCUT2D eigenvalue weighted by molar-refractivity contribution is 5.35. The maximum absolute atomic E-state index is 10.3. The zero-order chi connectivity index (χ0) is 19.7. The molecular formula is C26H40O2. The maximum atomic E-state index is 10.3. The summed E-state index contributed by atoms with van der Waals surface area (Å²) in [4.78, 5) is 0. The lowest BCUT2D eigenvalue weighted by molar-refractivity contribution is -0.0530. The molecule has 1 saturated heterocycles. The molecule has 1 aliphatic heterocycles. The monoisotopic (exact) mass is 384 g/mol. The molecular weight excluding hydrogens is 344 g/mol. The molecule has 1 heterocycles. The van der Waals surface area contributed by atoms with Crippen LogP contribution in [0, 0.1) is 40.4 Å². The van der Waals surface area contributed by atoms with Crippen molar-refractivity contribution in [2.75, 3.05) is 13.2 Å². The van der Waals surface area contributed by atoms with E-state index in [0.717, 1.165) is 43.8 Å². The average Bonchev–Trinajstić information content (AvgIpc) is 2.94. The molecule has 8 atom stereocenters. The molecule has 4 aliphatic carbocycles. The Hall–Kier alpha value is -0.600. The molecule has 2 heteroatoms. The van der Waals surface area contributed by atoms with Gasteiger partial charge in [-0.3, -0.25) is 0 Å². The molecule has 0 amide bonds. The third kappa shape index (κ3) is 2.66. The highest BCUT2D eigenvalue weighted by atomic mass is 16.5. The Morgan fingerprint density at radius 2 is 1.82 bits per heavy atom. The van der Waals surface area contributed by atoms with Gasteiger partial charge < -0.3 is 9.84 Å². The molecule has 0 spiro atoms. The van der Waals surface area contributed by atoms with Gasteiger partial charge in [0.25, 0.3) is 0 Å². The summed E-state index contributed by atoms with van der Waals surface area (Å²) in [5.41, 5.74) is 5.83. The molecule has 0 bridgehead atoms. The van der Waals surface area contributed by atoms with E-state index in [1.807, 2.05) is 5.57 Å². The molecule has 0 aromatic carbocycles. The first-order valence-electron chi connectivity index (χ1n) is 12.0. The largest absolute Gasteiger partial charge is 0.393 e. The molecule has 0 aromatic heterocycles. The Morgan fingerprint density at radius 1 is 1.04 bits per heavy atom. The summed E-state index contributed by atoms with van der Waals surface area (Å²) in [6.07, 6.45) is 12.2. The van der Waals surface area contributed by atoms with Gasteiger partial charge in [0.2, 0.25) is 0 Å². The van der Waals surface area contributed by atoms with Crippen LogP contribution in [0.25, 0.3) is 0 Å². The summed E-state index contributed by atoms with van der Waals surface area (Å²) < 4.78 is 5.92. The maximum Gasteiger partial charge on any atom is 0.0577 e. The van der Waals surface area contributed by atoms with E-state index >= 15 is 0 Å². The van der Waals surface area contributed by atoms with Crippen molar-refractivity contribution in [1.82, 2.24) is 0 Å². The van der Waals surface area contributed by atoms with Gasteiger partial charge in [0, 0.05) is 12.5 Å². The second-order valence-corrected chi connectivity index (χ2v) is 11.4. The van der Waals surface area contributed by atoms with E-state index in [1.54, 1.807) is 11.1 Å². The van der Waals surface area contributed by atoms with Crippen LogP contribution in [0.2, 0.25) is 0 Å². The van der Waals surface area contributed by atoms with Gasteiger partial charge in [-0.05, 0) is 92.8 Å². The molecule has 0 radical (unpaired) electrons. The normalized spacial score (nSPS) is 51.2. The first-order valence-corrected chi connectivity index (χ1v) is 12.0. The van der Waals surface area contributed by atoms with E-state index < -0.39 is 0 Å². The van der Waals surface area contributed by atoms with Crippen LogP contribution in [0.5, 0.6) is 0 Å². The standard InChI is InChI=1S/C26H40O2/c1-16-12-19-14-20(27)7-9-25(19,3)21-8-10-26(4)22(23(16)21)13-17(2)24(26)18-6-5-11-28-15-18/h12,16,18,20-23,27H,5-11,13-15H2,1-4H3/t16?,18?,20?,21-,22+,23-,25+,26+/m1/s1. The Labute approximate surface area is 171 Å². The lowest BCUT2D eigenvalue weighted by Crippen LogP contribution is -2.52. The minimum Gasteiger partial charge on any atom is -0.393 e. The fourth-order valence-corrected chi connectivity index (χ4v) is 8.75. The van der Waals surface area contributed by atoms with Crippen molar-refractivity contribution in [2.45, 2.75) is 85.2 Å². The van der Waals surface area contributed by atoms with Crippen molar-refractivity contribution in [3.8, 4) is 0 Å². The molecule has 2 saturated carbocycles. The SMILES string of the molecule is CC1=C(C2CCCOC2)[C@@]2(C)CC[C@@H]3[C@@H](C(C)C=C4CC(O)CC[C@@]43C)[C@@H]2C1. The Morgan fingerprint density at radius 3 is 2.57 bits per heavy atom. The number of rotatable bonds is 1. The number of fused-ring (bicyclic) bond motifs is 5. The number of hydrogen-bond acceptors (Lipinski definition) is 2. The molecule has 1 N–H and O–H groups in total. The number of aliphatic hydroxyl groups is 1. The van der Waals surface area contributed by atoms with Gasteiger partial charge in [0.05, 0.1) is 12.7 Å². The van der Waals surface area contributed by atoms with Gasteiger partial charge >= 0.3 is 0 Å². The fraction of sp³-hybridized carbons (Fsp3) is 0.846. The summed E-state index contributed by atoms with van der Waals surface area (Å²) in [7, 11) is 0. The van der Waals surface area contributed by atoms with Crippen LogP contribution in [0.15, 0.2) is 22.8 Å². The predicted molar refractivity (Wildman–Crippen MR) is 114 cm³/mol. The Kier molecular flexibility index (Phi) is 4.64. The van der Waals surface area contributed by atoms with Crippen molar-refractivity contribution < 1.29 is 9.84 Å². The van der Waals surface area contributed by atoms with Crippen molar-refractivity contribution in [1.29, 1.82) is 0 Å². The van der Waals surface area contributed by atoms with E-state index in [9.17, 15) is 5.11 Å². The Bertz CT molecular complexity index is 699. The Balaban J connectivity index is 1.49. The zero-order valence-corrected chi connectivity index (χ0v) is 18.5. The van der Waals surface area contributed by atoms with Crippen molar-refractivity contribution in [3.63, 3.8) is 0 Å². The summed E-state index contributed by atoms with van der Waals surface area (Å²) in [6, 6.07) is 0. The minimum absolute atomic E-state index is 0.106. The minimum atomic E-state index is -0.106. The third-order valence-corrected chi connectivity index (χ3v) is 9.97. The van der Waals surface area contributed by atoms with Crippen LogP contribution < -0.4 is 0 Å². The molecule has 2 nitrogen and oxygen atoms in total. The van der Waals surface area contributed by atoms with Crippen molar-refractivity contribution in [2.24, 2.45) is 40.4 Å². The summed E-state index contributed by atoms with van der Waals surface area (Å²) in [6.45, 7) is 12.0. The lowest BCUT2D eigenvalue weighted by atomic mass is 9.45. The van der Waals surface area contributed by atoms with Gasteiger partial charge in [-0.25, -0.2) is 0 Å². The first-order chi connectivity index (χ1) is 13.3. The molecule has 156 valence electrons. The third-order valence-electron chi connectivity index (χ3n) is 9.97. The van der Waals surface area contributed by atoms with E-state index in [2.05, 4.69) is 33.8 Å². The van der Waals surface area contributed by atoms with E-state index in [-0.39, 0.29) is 6.10 Å². The average molecular weight is 385 g/mol. The summed E-state index contributed by atoms with van der Waals surface area (Å²) in [5.74, 6) is 3.74. The molecule has 28 heavy (non-hydrogen) atoms. The predicted octanol–water partition coefficient (Wildman–Crippen LogP) is 5.91. The smallest absolute Gasteiger partial charge is 0.0577 e. The molecule has 5 aliphatic rings. The molecule has 5 rings (SSSR count). The van der Waals surface area contributed by atoms with Crippen LogP contribution in [0.3, 0.4) is 0 Å². The fourth-order valence-electron chi connectivity index (χ4n) is 8.75. The van der Waals surface area contributed by atoms with Crippen LogP contribution in [-0.2, 0) is 4.74 Å². The number of allylic oxidation sites excluding steroid dienone is 2. The van der Waals surface area contributed by atoms with Gasteiger partial charge in [-0.1, -0.05) is 43.6 Å². The van der Waals surface area contributed by atoms with Crippen LogP contribution in [0.4, 0.5) is 0 Å². The molecule has 3 fully saturated rings.